The fourth-order valence-electron chi connectivity index (χ4n) is 2.41. The first-order chi connectivity index (χ1) is 8.88. The highest BCUT2D eigenvalue weighted by Crippen LogP contribution is 2.21. The smallest absolute Gasteiger partial charge is 0.256 e. The Morgan fingerprint density at radius 2 is 2.05 bits per heavy atom. The average Bonchev–Trinajstić information content (AvgIpc) is 2.75. The molecule has 1 saturated heterocycles. The van der Waals surface area contributed by atoms with Crippen LogP contribution in [0.1, 0.15) is 44.0 Å². The number of nitrogens with zero attached hydrogens (tertiary/aromatic N) is 1. The van der Waals surface area contributed by atoms with Crippen molar-refractivity contribution < 1.29 is 9.21 Å². The van der Waals surface area contributed by atoms with Gasteiger partial charge in [-0.2, -0.15) is 0 Å². The highest BCUT2D eigenvalue weighted by atomic mass is 35.5. The molecule has 0 aliphatic carbocycles. The molecule has 1 aliphatic heterocycles. The van der Waals surface area contributed by atoms with Crippen molar-refractivity contribution in [1.29, 1.82) is 0 Å². The van der Waals surface area contributed by atoms with E-state index in [0.717, 1.165) is 25.9 Å². The van der Waals surface area contributed by atoms with Crippen LogP contribution in [0.25, 0.3) is 0 Å². The van der Waals surface area contributed by atoms with Gasteiger partial charge in [0.25, 0.3) is 5.91 Å². The van der Waals surface area contributed by atoms with Crippen LogP contribution in [0.15, 0.2) is 16.7 Å². The summed E-state index contributed by atoms with van der Waals surface area (Å²) in [7, 11) is 0. The topological polar surface area (TPSA) is 45.5 Å². The Morgan fingerprint density at radius 3 is 2.53 bits per heavy atom. The molecule has 1 aliphatic rings. The van der Waals surface area contributed by atoms with E-state index in [1.165, 1.54) is 6.26 Å². The molecule has 0 aromatic carbocycles. The third-order valence-corrected chi connectivity index (χ3v) is 3.93. The summed E-state index contributed by atoms with van der Waals surface area (Å²) in [5, 5.41) is 3.18. The van der Waals surface area contributed by atoms with E-state index in [1.54, 1.807) is 6.07 Å². The SMILES string of the molecule is CC(C)(C)N1CCC(NC(=O)c2ccoc2Cl)CC1. The molecule has 2 rings (SSSR count). The van der Waals surface area contributed by atoms with Crippen LogP contribution < -0.4 is 5.32 Å². The Morgan fingerprint density at radius 1 is 1.42 bits per heavy atom. The number of halogens is 1. The standard InChI is InChI=1S/C14H21ClN2O2/c1-14(2,3)17-7-4-10(5-8-17)16-13(18)11-6-9-19-12(11)15/h6,9-10H,4-5,7-8H2,1-3H3,(H,16,18). The molecule has 1 aromatic heterocycles. The Labute approximate surface area is 119 Å². The Balaban J connectivity index is 1.86. The fraction of sp³-hybridized carbons (Fsp3) is 0.643. The molecule has 0 bridgehead atoms. The molecule has 0 spiro atoms. The number of piperidine rings is 1. The molecule has 19 heavy (non-hydrogen) atoms. The zero-order valence-corrected chi connectivity index (χ0v) is 12.5. The van der Waals surface area contributed by atoms with Gasteiger partial charge in [-0.15, -0.1) is 0 Å². The van der Waals surface area contributed by atoms with Gasteiger partial charge in [0, 0.05) is 24.7 Å². The third-order valence-electron chi connectivity index (χ3n) is 3.64. The van der Waals surface area contributed by atoms with Crippen molar-refractivity contribution >= 4 is 17.5 Å². The molecule has 2 heterocycles. The molecule has 106 valence electrons. The summed E-state index contributed by atoms with van der Waals surface area (Å²) in [5.74, 6) is -0.145. The monoisotopic (exact) mass is 284 g/mol. The summed E-state index contributed by atoms with van der Waals surface area (Å²) < 4.78 is 4.93. The maximum absolute atomic E-state index is 12.0. The number of amides is 1. The number of furan rings is 1. The van der Waals surface area contributed by atoms with Gasteiger partial charge in [0.2, 0.25) is 5.22 Å². The van der Waals surface area contributed by atoms with Gasteiger partial charge in [-0.25, -0.2) is 0 Å². The van der Waals surface area contributed by atoms with Crippen LogP contribution in [0, 0.1) is 0 Å². The van der Waals surface area contributed by atoms with E-state index in [9.17, 15) is 4.79 Å². The second-order valence-electron chi connectivity index (χ2n) is 6.01. The van der Waals surface area contributed by atoms with Crippen LogP contribution in [0.5, 0.6) is 0 Å². The Kier molecular flexibility index (Phi) is 4.21. The van der Waals surface area contributed by atoms with E-state index in [2.05, 4.69) is 31.0 Å². The van der Waals surface area contributed by atoms with Gasteiger partial charge in [-0.1, -0.05) is 0 Å². The van der Waals surface area contributed by atoms with E-state index in [1.807, 2.05) is 0 Å². The molecule has 5 heteroatoms. The number of nitrogens with one attached hydrogen (secondary N) is 1. The summed E-state index contributed by atoms with van der Waals surface area (Å²) in [5.41, 5.74) is 0.614. The van der Waals surface area contributed by atoms with Crippen LogP contribution in [0.4, 0.5) is 0 Å². The largest absolute Gasteiger partial charge is 0.452 e. The summed E-state index contributed by atoms with van der Waals surface area (Å²) in [6, 6.07) is 1.82. The predicted octanol–water partition coefficient (Wildman–Crippen LogP) is 2.93. The second-order valence-corrected chi connectivity index (χ2v) is 6.36. The van der Waals surface area contributed by atoms with Crippen molar-refractivity contribution in [2.24, 2.45) is 0 Å². The molecular weight excluding hydrogens is 264 g/mol. The van der Waals surface area contributed by atoms with Crippen molar-refractivity contribution in [2.75, 3.05) is 13.1 Å². The third kappa shape index (κ3) is 3.51. The number of likely N-dealkylation sites (tertiary alicyclic amines) is 1. The van der Waals surface area contributed by atoms with Crippen LogP contribution in [0.3, 0.4) is 0 Å². The van der Waals surface area contributed by atoms with Gasteiger partial charge in [-0.3, -0.25) is 9.69 Å². The molecule has 0 unspecified atom stereocenters. The van der Waals surface area contributed by atoms with E-state index in [0.29, 0.717) is 5.56 Å². The first-order valence-electron chi connectivity index (χ1n) is 6.67. The Hall–Kier alpha value is -1.00. The van der Waals surface area contributed by atoms with E-state index >= 15 is 0 Å². The zero-order valence-electron chi connectivity index (χ0n) is 11.7. The van der Waals surface area contributed by atoms with E-state index < -0.39 is 0 Å². The summed E-state index contributed by atoms with van der Waals surface area (Å²) in [4.78, 5) is 14.4. The highest BCUT2D eigenvalue weighted by Gasteiger charge is 2.28. The first-order valence-corrected chi connectivity index (χ1v) is 7.04. The molecular formula is C14H21ClN2O2. The molecule has 4 nitrogen and oxygen atoms in total. The number of hydrogen-bond donors (Lipinski definition) is 1. The lowest BCUT2D eigenvalue weighted by atomic mass is 9.98. The molecule has 1 amide bonds. The fourth-order valence-corrected chi connectivity index (χ4v) is 2.61. The second kappa shape index (κ2) is 5.55. The predicted molar refractivity (Wildman–Crippen MR) is 75.5 cm³/mol. The summed E-state index contributed by atoms with van der Waals surface area (Å²) >= 11 is 5.80. The normalized spacial score (nSPS) is 18.5. The minimum atomic E-state index is -0.145. The molecule has 0 radical (unpaired) electrons. The minimum absolute atomic E-state index is 0.145. The number of rotatable bonds is 2. The average molecular weight is 285 g/mol. The lowest BCUT2D eigenvalue weighted by molar-refractivity contribution is 0.0812. The maximum atomic E-state index is 12.0. The van der Waals surface area contributed by atoms with Crippen molar-refractivity contribution in [3.05, 3.63) is 23.1 Å². The van der Waals surface area contributed by atoms with Gasteiger partial charge in [0.1, 0.15) is 0 Å². The summed E-state index contributed by atoms with van der Waals surface area (Å²) in [6.45, 7) is 8.67. The van der Waals surface area contributed by atoms with E-state index in [4.69, 9.17) is 16.0 Å². The van der Waals surface area contributed by atoms with Gasteiger partial charge in [0.15, 0.2) is 0 Å². The van der Waals surface area contributed by atoms with Gasteiger partial charge in [-0.05, 0) is 51.3 Å². The number of carbonyl (C=O) groups excluding carboxylic acids is 1. The van der Waals surface area contributed by atoms with Crippen LogP contribution in [-0.4, -0.2) is 35.5 Å². The minimum Gasteiger partial charge on any atom is -0.452 e. The first kappa shape index (κ1) is 14.4. The van der Waals surface area contributed by atoms with Gasteiger partial charge in [0.05, 0.1) is 11.8 Å². The Bertz CT molecular complexity index is 443. The maximum Gasteiger partial charge on any atom is 0.256 e. The lowest BCUT2D eigenvalue weighted by Crippen LogP contribution is -2.50. The van der Waals surface area contributed by atoms with Crippen molar-refractivity contribution in [1.82, 2.24) is 10.2 Å². The molecule has 0 saturated carbocycles. The number of carbonyl (C=O) groups is 1. The molecule has 0 atom stereocenters. The van der Waals surface area contributed by atoms with Crippen molar-refractivity contribution in [3.63, 3.8) is 0 Å². The molecule has 1 aromatic rings. The van der Waals surface area contributed by atoms with Crippen LogP contribution in [0.2, 0.25) is 5.22 Å². The lowest BCUT2D eigenvalue weighted by Gasteiger charge is -2.41. The molecule has 1 fully saturated rings. The summed E-state index contributed by atoms with van der Waals surface area (Å²) in [6.07, 6.45) is 3.37. The quantitative estimate of drug-likeness (QED) is 0.908. The van der Waals surface area contributed by atoms with Gasteiger partial charge >= 0.3 is 0 Å². The van der Waals surface area contributed by atoms with E-state index in [-0.39, 0.29) is 22.7 Å². The van der Waals surface area contributed by atoms with Crippen molar-refractivity contribution in [3.8, 4) is 0 Å². The molecule has 1 N–H and O–H groups in total. The van der Waals surface area contributed by atoms with Crippen LogP contribution in [-0.2, 0) is 0 Å². The van der Waals surface area contributed by atoms with Gasteiger partial charge < -0.3 is 9.73 Å². The number of hydrogen-bond acceptors (Lipinski definition) is 3. The highest BCUT2D eigenvalue weighted by molar-refractivity contribution is 6.32. The van der Waals surface area contributed by atoms with Crippen molar-refractivity contribution in [2.45, 2.75) is 45.2 Å². The van der Waals surface area contributed by atoms with Crippen LogP contribution >= 0.6 is 11.6 Å². The zero-order chi connectivity index (χ0) is 14.0.